The van der Waals surface area contributed by atoms with Crippen LogP contribution in [0.4, 0.5) is 0 Å². The van der Waals surface area contributed by atoms with Gasteiger partial charge in [0.2, 0.25) is 0 Å². The van der Waals surface area contributed by atoms with E-state index >= 15 is 0 Å². The van der Waals surface area contributed by atoms with Gasteiger partial charge < -0.3 is 10.1 Å². The summed E-state index contributed by atoms with van der Waals surface area (Å²) in [6, 6.07) is 6.82. The lowest BCUT2D eigenvalue weighted by Gasteiger charge is -2.36. The zero-order valence-electron chi connectivity index (χ0n) is 12.8. The van der Waals surface area contributed by atoms with Crippen molar-refractivity contribution in [2.24, 2.45) is 5.41 Å². The number of nitrogens with one attached hydrogen (secondary N) is 1. The van der Waals surface area contributed by atoms with Crippen LogP contribution in [-0.4, -0.2) is 20.3 Å². The van der Waals surface area contributed by atoms with E-state index in [-0.39, 0.29) is 17.6 Å². The highest BCUT2D eigenvalue weighted by Gasteiger charge is 2.33. The van der Waals surface area contributed by atoms with Crippen LogP contribution < -0.4 is 5.32 Å². The maximum Gasteiger partial charge on any atom is 0.0814 e. The van der Waals surface area contributed by atoms with Crippen LogP contribution in [0.2, 0.25) is 0 Å². The molecule has 0 radical (unpaired) electrons. The van der Waals surface area contributed by atoms with Crippen molar-refractivity contribution in [2.45, 2.75) is 46.8 Å². The van der Waals surface area contributed by atoms with E-state index in [0.29, 0.717) is 0 Å². The Kier molecular flexibility index (Phi) is 4.94. The quantitative estimate of drug-likeness (QED) is 0.880. The lowest BCUT2D eigenvalue weighted by atomic mass is 9.81. The van der Waals surface area contributed by atoms with E-state index in [2.05, 4.69) is 58.1 Å². The fourth-order valence-electron chi connectivity index (χ4n) is 2.55. The minimum Gasteiger partial charge on any atom is -0.379 e. The minimum absolute atomic E-state index is 0.0958. The number of benzene rings is 1. The number of methoxy groups -OCH3 is 1. The van der Waals surface area contributed by atoms with Crippen molar-refractivity contribution in [1.82, 2.24) is 5.32 Å². The molecule has 0 bridgehead atoms. The third-order valence-corrected chi connectivity index (χ3v) is 3.49. The fraction of sp³-hybridized carbons (Fsp3) is 0.625. The highest BCUT2D eigenvalue weighted by molar-refractivity contribution is 5.34. The van der Waals surface area contributed by atoms with Crippen molar-refractivity contribution in [3.8, 4) is 0 Å². The molecule has 2 atom stereocenters. The second-order valence-corrected chi connectivity index (χ2v) is 6.15. The van der Waals surface area contributed by atoms with E-state index in [4.69, 9.17) is 4.74 Å². The normalized spacial score (nSPS) is 15.5. The standard InChI is InChI=1S/C16H27NO/c1-11-8-9-12(2)13(10-11)14(17-6)15(18-7)16(3,4)5/h8-10,14-15,17H,1-7H3. The highest BCUT2D eigenvalue weighted by atomic mass is 16.5. The van der Waals surface area contributed by atoms with Crippen LogP contribution in [-0.2, 0) is 4.74 Å². The predicted octanol–water partition coefficient (Wildman–Crippen LogP) is 3.63. The van der Waals surface area contributed by atoms with E-state index in [1.165, 1.54) is 16.7 Å². The topological polar surface area (TPSA) is 21.3 Å². The molecule has 1 rings (SSSR count). The van der Waals surface area contributed by atoms with E-state index in [1.54, 1.807) is 7.11 Å². The average molecular weight is 249 g/mol. The number of aryl methyl sites for hydroxylation is 2. The van der Waals surface area contributed by atoms with Gasteiger partial charge in [-0.05, 0) is 37.4 Å². The molecule has 2 nitrogen and oxygen atoms in total. The Morgan fingerprint density at radius 1 is 1.17 bits per heavy atom. The fourth-order valence-corrected chi connectivity index (χ4v) is 2.55. The molecule has 0 aliphatic carbocycles. The molecule has 1 aromatic rings. The van der Waals surface area contributed by atoms with Crippen LogP contribution in [0, 0.1) is 19.3 Å². The Bertz CT molecular complexity index is 393. The van der Waals surface area contributed by atoms with Gasteiger partial charge in [0, 0.05) is 7.11 Å². The molecular formula is C16H27NO. The minimum atomic E-state index is 0.0958. The molecule has 1 N–H and O–H groups in total. The van der Waals surface area contributed by atoms with Crippen LogP contribution in [0.15, 0.2) is 18.2 Å². The summed E-state index contributed by atoms with van der Waals surface area (Å²) >= 11 is 0. The summed E-state index contributed by atoms with van der Waals surface area (Å²) in [5, 5.41) is 3.42. The van der Waals surface area contributed by atoms with Gasteiger partial charge in [0.05, 0.1) is 12.1 Å². The van der Waals surface area contributed by atoms with Crippen LogP contribution in [0.5, 0.6) is 0 Å². The summed E-state index contributed by atoms with van der Waals surface area (Å²) < 4.78 is 5.75. The highest BCUT2D eigenvalue weighted by Crippen LogP contribution is 2.33. The summed E-state index contributed by atoms with van der Waals surface area (Å²) in [6.45, 7) is 11.0. The first kappa shape index (κ1) is 15.2. The van der Waals surface area contributed by atoms with Gasteiger partial charge in [0.25, 0.3) is 0 Å². The Hall–Kier alpha value is -0.860. The smallest absolute Gasteiger partial charge is 0.0814 e. The molecular weight excluding hydrogens is 222 g/mol. The molecule has 0 aliphatic heterocycles. The van der Waals surface area contributed by atoms with Crippen molar-refractivity contribution in [3.63, 3.8) is 0 Å². The van der Waals surface area contributed by atoms with Gasteiger partial charge in [0.15, 0.2) is 0 Å². The number of hydrogen-bond acceptors (Lipinski definition) is 2. The number of likely N-dealkylation sites (N-methyl/N-ethyl adjacent to an activating group) is 1. The summed E-state index contributed by atoms with van der Waals surface area (Å²) in [7, 11) is 3.80. The zero-order valence-corrected chi connectivity index (χ0v) is 12.8. The molecule has 0 saturated carbocycles. The maximum atomic E-state index is 5.75. The summed E-state index contributed by atoms with van der Waals surface area (Å²) in [6.07, 6.45) is 0.142. The molecule has 0 saturated heterocycles. The van der Waals surface area contributed by atoms with Crippen LogP contribution in [0.25, 0.3) is 0 Å². The van der Waals surface area contributed by atoms with Gasteiger partial charge in [-0.2, -0.15) is 0 Å². The zero-order chi connectivity index (χ0) is 13.9. The number of rotatable bonds is 4. The Labute approximate surface area is 112 Å². The first-order valence-electron chi connectivity index (χ1n) is 6.58. The van der Waals surface area contributed by atoms with Crippen molar-refractivity contribution in [1.29, 1.82) is 0 Å². The summed E-state index contributed by atoms with van der Waals surface area (Å²) in [5.41, 5.74) is 4.03. The first-order chi connectivity index (χ1) is 8.31. The molecule has 0 fully saturated rings. The van der Waals surface area contributed by atoms with Crippen molar-refractivity contribution in [3.05, 3.63) is 34.9 Å². The van der Waals surface area contributed by atoms with Gasteiger partial charge in [-0.3, -0.25) is 0 Å². The van der Waals surface area contributed by atoms with E-state index in [0.717, 1.165) is 0 Å². The Morgan fingerprint density at radius 2 is 1.78 bits per heavy atom. The lowest BCUT2D eigenvalue weighted by molar-refractivity contribution is -0.0103. The average Bonchev–Trinajstić information content (AvgIpc) is 2.27. The lowest BCUT2D eigenvalue weighted by Crippen LogP contribution is -2.40. The van der Waals surface area contributed by atoms with Gasteiger partial charge in [0.1, 0.15) is 0 Å². The molecule has 2 unspecified atom stereocenters. The molecule has 2 heteroatoms. The van der Waals surface area contributed by atoms with Crippen LogP contribution in [0.1, 0.15) is 43.5 Å². The molecule has 1 aromatic carbocycles. The van der Waals surface area contributed by atoms with E-state index in [1.807, 2.05) is 7.05 Å². The SMILES string of the molecule is CNC(c1cc(C)ccc1C)C(OC)C(C)(C)C. The van der Waals surface area contributed by atoms with Crippen molar-refractivity contribution < 1.29 is 4.74 Å². The molecule has 0 amide bonds. The Morgan fingerprint density at radius 3 is 2.22 bits per heavy atom. The van der Waals surface area contributed by atoms with Crippen molar-refractivity contribution in [2.75, 3.05) is 14.2 Å². The molecule has 102 valence electrons. The third-order valence-electron chi connectivity index (χ3n) is 3.49. The van der Waals surface area contributed by atoms with E-state index in [9.17, 15) is 0 Å². The maximum absolute atomic E-state index is 5.75. The van der Waals surface area contributed by atoms with Gasteiger partial charge in [-0.25, -0.2) is 0 Å². The second kappa shape index (κ2) is 5.85. The number of hydrogen-bond donors (Lipinski definition) is 1. The molecule has 0 aliphatic rings. The van der Waals surface area contributed by atoms with Gasteiger partial charge in [-0.1, -0.05) is 44.5 Å². The van der Waals surface area contributed by atoms with Crippen LogP contribution >= 0.6 is 0 Å². The van der Waals surface area contributed by atoms with Gasteiger partial charge >= 0.3 is 0 Å². The molecule has 0 aromatic heterocycles. The molecule has 0 heterocycles. The summed E-state index contributed by atoms with van der Waals surface area (Å²) in [5.74, 6) is 0. The van der Waals surface area contributed by atoms with Crippen molar-refractivity contribution >= 4 is 0 Å². The Balaban J connectivity index is 3.19. The monoisotopic (exact) mass is 249 g/mol. The largest absolute Gasteiger partial charge is 0.379 e. The molecule has 0 spiro atoms. The van der Waals surface area contributed by atoms with Gasteiger partial charge in [-0.15, -0.1) is 0 Å². The molecule has 18 heavy (non-hydrogen) atoms. The number of ether oxygens (including phenoxy) is 1. The first-order valence-corrected chi connectivity index (χ1v) is 6.58. The third kappa shape index (κ3) is 3.33. The predicted molar refractivity (Wildman–Crippen MR) is 78.0 cm³/mol. The summed E-state index contributed by atoms with van der Waals surface area (Å²) in [4.78, 5) is 0. The van der Waals surface area contributed by atoms with Crippen LogP contribution in [0.3, 0.4) is 0 Å². The van der Waals surface area contributed by atoms with E-state index < -0.39 is 0 Å². The second-order valence-electron chi connectivity index (χ2n) is 6.15.